The van der Waals surface area contributed by atoms with Gasteiger partial charge >= 0.3 is 5.97 Å². The minimum Gasteiger partial charge on any atom is -0.477 e. The lowest BCUT2D eigenvalue weighted by molar-refractivity contribution is -0.116. The van der Waals surface area contributed by atoms with E-state index in [1.165, 1.54) is 0 Å². The Labute approximate surface area is 98.8 Å². The monoisotopic (exact) mass is 240 g/mol. The van der Waals surface area contributed by atoms with E-state index in [-0.39, 0.29) is 23.7 Å². The number of amides is 1. The second-order valence-electron chi connectivity index (χ2n) is 3.98. The molecular formula is C10H16N4O3. The predicted octanol–water partition coefficient (Wildman–Crippen LogP) is 0.307. The summed E-state index contributed by atoms with van der Waals surface area (Å²) in [6.07, 6.45) is 0.290. The maximum atomic E-state index is 11.5. The van der Waals surface area contributed by atoms with E-state index in [0.717, 1.165) is 0 Å². The fourth-order valence-electron chi connectivity index (χ4n) is 1.30. The molecule has 1 rings (SSSR count). The maximum absolute atomic E-state index is 11.5. The number of aromatic nitrogens is 2. The second kappa shape index (κ2) is 5.44. The lowest BCUT2D eigenvalue weighted by Crippen LogP contribution is -2.21. The van der Waals surface area contributed by atoms with E-state index in [1.807, 2.05) is 19.0 Å². The number of hydrogen-bond donors (Lipinski definition) is 3. The Morgan fingerprint density at radius 3 is 2.65 bits per heavy atom. The van der Waals surface area contributed by atoms with Crippen molar-refractivity contribution in [3.05, 3.63) is 11.3 Å². The molecule has 0 atom stereocenters. The van der Waals surface area contributed by atoms with Crippen LogP contribution in [0.4, 0.5) is 5.82 Å². The minimum absolute atomic E-state index is 0.00297. The predicted molar refractivity (Wildman–Crippen MR) is 62.1 cm³/mol. The summed E-state index contributed by atoms with van der Waals surface area (Å²) >= 11 is 0. The molecule has 0 saturated carbocycles. The van der Waals surface area contributed by atoms with Crippen LogP contribution in [0.3, 0.4) is 0 Å². The fourth-order valence-corrected chi connectivity index (χ4v) is 1.30. The first kappa shape index (κ1) is 13.2. The first-order valence-electron chi connectivity index (χ1n) is 5.14. The van der Waals surface area contributed by atoms with Gasteiger partial charge in [-0.05, 0) is 21.0 Å². The summed E-state index contributed by atoms with van der Waals surface area (Å²) in [4.78, 5) is 24.3. The Morgan fingerprint density at radius 2 is 2.12 bits per heavy atom. The van der Waals surface area contributed by atoms with Gasteiger partial charge in [-0.25, -0.2) is 4.79 Å². The second-order valence-corrected chi connectivity index (χ2v) is 3.98. The number of nitrogens with one attached hydrogen (secondary N) is 2. The van der Waals surface area contributed by atoms with Crippen LogP contribution in [0.15, 0.2) is 0 Å². The highest BCUT2D eigenvalue weighted by Crippen LogP contribution is 2.15. The quantitative estimate of drug-likeness (QED) is 0.688. The molecule has 0 aliphatic carbocycles. The fraction of sp³-hybridized carbons (Fsp3) is 0.500. The van der Waals surface area contributed by atoms with E-state index in [4.69, 9.17) is 5.11 Å². The Balaban J connectivity index is 2.69. The first-order valence-corrected chi connectivity index (χ1v) is 5.14. The molecule has 1 aromatic heterocycles. The van der Waals surface area contributed by atoms with Gasteiger partial charge in [-0.15, -0.1) is 0 Å². The average Bonchev–Trinajstić information content (AvgIpc) is 2.56. The molecule has 0 saturated heterocycles. The largest absolute Gasteiger partial charge is 0.477 e. The standard InChI is InChI=1S/C10H16N4O3/c1-6-8(10(16)17)9(13-12-6)11-7(15)4-5-14(2)3/h4-5H2,1-3H3,(H,16,17)(H2,11,12,13,15). The number of H-pyrrole nitrogens is 1. The van der Waals surface area contributed by atoms with Crippen molar-refractivity contribution < 1.29 is 14.7 Å². The van der Waals surface area contributed by atoms with Crippen LogP contribution in [-0.2, 0) is 4.79 Å². The molecule has 0 aliphatic heterocycles. The van der Waals surface area contributed by atoms with Crippen LogP contribution in [0, 0.1) is 6.92 Å². The number of carboxylic acid groups (broad SMARTS) is 1. The summed E-state index contributed by atoms with van der Waals surface area (Å²) in [5, 5.41) is 17.7. The number of carboxylic acids is 1. The molecule has 0 bridgehead atoms. The van der Waals surface area contributed by atoms with Gasteiger partial charge in [-0.3, -0.25) is 9.89 Å². The molecule has 94 valence electrons. The van der Waals surface area contributed by atoms with Crippen molar-refractivity contribution in [2.24, 2.45) is 0 Å². The Kier molecular flexibility index (Phi) is 4.22. The molecule has 7 nitrogen and oxygen atoms in total. The molecule has 17 heavy (non-hydrogen) atoms. The number of hydrogen-bond acceptors (Lipinski definition) is 4. The number of carbonyl (C=O) groups excluding carboxylic acids is 1. The molecule has 0 aliphatic rings. The summed E-state index contributed by atoms with van der Waals surface area (Å²) in [5.41, 5.74) is 0.420. The van der Waals surface area contributed by atoms with Gasteiger partial charge in [0, 0.05) is 18.7 Å². The number of carbonyl (C=O) groups is 2. The molecule has 7 heteroatoms. The van der Waals surface area contributed by atoms with Crippen molar-refractivity contribution in [3.63, 3.8) is 0 Å². The lowest BCUT2D eigenvalue weighted by Gasteiger charge is -2.08. The van der Waals surface area contributed by atoms with Crippen LogP contribution in [0.2, 0.25) is 0 Å². The Hall–Kier alpha value is -1.89. The van der Waals surface area contributed by atoms with Crippen molar-refractivity contribution in [3.8, 4) is 0 Å². The van der Waals surface area contributed by atoms with E-state index >= 15 is 0 Å². The molecule has 0 fully saturated rings. The molecule has 0 spiro atoms. The number of anilines is 1. The summed E-state index contributed by atoms with van der Waals surface area (Å²) in [6, 6.07) is 0. The summed E-state index contributed by atoms with van der Waals surface area (Å²) in [7, 11) is 3.71. The highest BCUT2D eigenvalue weighted by Gasteiger charge is 2.18. The van der Waals surface area contributed by atoms with Crippen LogP contribution < -0.4 is 5.32 Å². The van der Waals surface area contributed by atoms with Gasteiger partial charge in [-0.2, -0.15) is 5.10 Å². The molecule has 3 N–H and O–H groups in total. The van der Waals surface area contributed by atoms with Gasteiger partial charge < -0.3 is 15.3 Å². The third-order valence-electron chi connectivity index (χ3n) is 2.20. The van der Waals surface area contributed by atoms with Crippen LogP contribution >= 0.6 is 0 Å². The summed E-state index contributed by atoms with van der Waals surface area (Å²) in [5.74, 6) is -1.30. The maximum Gasteiger partial charge on any atom is 0.341 e. The van der Waals surface area contributed by atoms with E-state index < -0.39 is 5.97 Å². The third kappa shape index (κ3) is 3.56. The normalized spacial score (nSPS) is 10.6. The van der Waals surface area contributed by atoms with Gasteiger partial charge in [-0.1, -0.05) is 0 Å². The highest BCUT2D eigenvalue weighted by molar-refractivity contribution is 6.00. The van der Waals surface area contributed by atoms with E-state index in [9.17, 15) is 9.59 Å². The Bertz CT molecular complexity index is 425. The van der Waals surface area contributed by atoms with Crippen LogP contribution in [0.5, 0.6) is 0 Å². The molecular weight excluding hydrogens is 224 g/mol. The van der Waals surface area contributed by atoms with E-state index in [0.29, 0.717) is 12.2 Å². The van der Waals surface area contributed by atoms with Crippen LogP contribution in [-0.4, -0.2) is 52.7 Å². The molecule has 1 heterocycles. The number of rotatable bonds is 5. The number of aryl methyl sites for hydroxylation is 1. The topological polar surface area (TPSA) is 98.3 Å². The van der Waals surface area contributed by atoms with Gasteiger partial charge in [0.15, 0.2) is 5.82 Å². The third-order valence-corrected chi connectivity index (χ3v) is 2.20. The number of nitrogens with zero attached hydrogens (tertiary/aromatic N) is 2. The van der Waals surface area contributed by atoms with Crippen molar-refractivity contribution in [1.82, 2.24) is 15.1 Å². The summed E-state index contributed by atoms with van der Waals surface area (Å²) < 4.78 is 0. The average molecular weight is 240 g/mol. The zero-order valence-corrected chi connectivity index (χ0v) is 10.1. The van der Waals surface area contributed by atoms with E-state index in [2.05, 4.69) is 15.5 Å². The zero-order chi connectivity index (χ0) is 13.0. The van der Waals surface area contributed by atoms with Gasteiger partial charge in [0.1, 0.15) is 5.56 Å². The lowest BCUT2D eigenvalue weighted by atomic mass is 10.2. The smallest absolute Gasteiger partial charge is 0.341 e. The van der Waals surface area contributed by atoms with Crippen molar-refractivity contribution >= 4 is 17.7 Å². The molecule has 0 aromatic carbocycles. The van der Waals surface area contributed by atoms with Gasteiger partial charge in [0.05, 0.1) is 0 Å². The zero-order valence-electron chi connectivity index (χ0n) is 10.1. The van der Waals surface area contributed by atoms with Crippen molar-refractivity contribution in [2.75, 3.05) is 26.0 Å². The summed E-state index contributed by atoms with van der Waals surface area (Å²) in [6.45, 7) is 2.18. The SMILES string of the molecule is Cc1[nH]nc(NC(=O)CCN(C)C)c1C(=O)O. The van der Waals surface area contributed by atoms with Gasteiger partial charge in [0.25, 0.3) is 0 Å². The van der Waals surface area contributed by atoms with Gasteiger partial charge in [0.2, 0.25) is 5.91 Å². The Morgan fingerprint density at radius 1 is 1.47 bits per heavy atom. The molecule has 1 aromatic rings. The number of aromatic amines is 1. The first-order chi connectivity index (χ1) is 7.91. The molecule has 1 amide bonds. The van der Waals surface area contributed by atoms with Crippen molar-refractivity contribution in [2.45, 2.75) is 13.3 Å². The van der Waals surface area contributed by atoms with Crippen molar-refractivity contribution in [1.29, 1.82) is 0 Å². The minimum atomic E-state index is -1.11. The van der Waals surface area contributed by atoms with E-state index in [1.54, 1.807) is 6.92 Å². The van der Waals surface area contributed by atoms with Crippen LogP contribution in [0.25, 0.3) is 0 Å². The van der Waals surface area contributed by atoms with Crippen LogP contribution in [0.1, 0.15) is 22.5 Å². The molecule has 0 radical (unpaired) electrons. The number of aromatic carboxylic acids is 1. The highest BCUT2D eigenvalue weighted by atomic mass is 16.4. The molecule has 0 unspecified atom stereocenters.